The first-order chi connectivity index (χ1) is 32.2. The molecule has 0 radical (unpaired) electrons. The molecule has 350 valence electrons. The number of aromatic nitrogens is 6. The van der Waals surface area contributed by atoms with Crippen molar-refractivity contribution in [3.8, 4) is 0 Å². The van der Waals surface area contributed by atoms with Crippen LogP contribution in [0.15, 0.2) is 94.7 Å². The van der Waals surface area contributed by atoms with Crippen molar-refractivity contribution in [2.45, 2.75) is 97.8 Å². The van der Waals surface area contributed by atoms with Gasteiger partial charge in [0.05, 0.1) is 11.4 Å². The second kappa shape index (κ2) is 20.0. The van der Waals surface area contributed by atoms with Crippen LogP contribution in [-0.2, 0) is 17.8 Å². The molecular formula is C54H61Br2ClN8O2. The van der Waals surface area contributed by atoms with Crippen LogP contribution in [0.3, 0.4) is 0 Å². The van der Waals surface area contributed by atoms with Crippen LogP contribution in [-0.4, -0.2) is 71.8 Å². The molecule has 67 heavy (non-hydrogen) atoms. The van der Waals surface area contributed by atoms with Gasteiger partial charge < -0.3 is 24.1 Å². The highest BCUT2D eigenvalue weighted by Gasteiger charge is 2.37. The third-order valence-corrected chi connectivity index (χ3v) is 14.8. The fourth-order valence-electron chi connectivity index (χ4n) is 10.4. The van der Waals surface area contributed by atoms with Crippen molar-refractivity contribution in [1.29, 1.82) is 0 Å². The van der Waals surface area contributed by atoms with Gasteiger partial charge in [-0.25, -0.2) is 14.8 Å². The number of likely N-dealkylation sites (tertiary alicyclic amines) is 1. The molecule has 2 aliphatic heterocycles. The number of rotatable bonds is 6. The molecule has 0 spiro atoms. The van der Waals surface area contributed by atoms with E-state index in [1.54, 1.807) is 0 Å². The van der Waals surface area contributed by atoms with Crippen LogP contribution >= 0.6 is 43.5 Å². The quantitative estimate of drug-likeness (QED) is 0.177. The fraction of sp³-hybridized carbons (Fsp3) is 0.389. The standard InChI is InChI=1S/C29H32BrClN4O2.C25H27BrN4.H2/c1-18-32-9-12-35(18)17-21-13-20-14-23(31)5-6-24(20)26(27-25(21)15-22(30)16-33-27)19-7-10-34(11-8-19)28(36)37-29(2,3)4;1-16-3-4-22-19(11-16)12-20(15-30-10-9-28-17(30)2)23-13-21(26)14-29-25(23)24(22)18-5-7-27-8-6-18;/h5-6,9,12-16,19,26H,7-8,10-11,17H2,1-4H3;3-4,9-14,18,24,27H,5-8,15H2,1-2H3;1H. The Bertz CT molecular complexity index is 2850. The topological polar surface area (TPSA) is 103 Å². The monoisotopic (exact) mass is 1050 g/mol. The van der Waals surface area contributed by atoms with E-state index < -0.39 is 5.60 Å². The molecule has 10 nitrogen and oxygen atoms in total. The number of nitrogens with one attached hydrogen (secondary N) is 1. The lowest BCUT2D eigenvalue weighted by Gasteiger charge is -2.37. The largest absolute Gasteiger partial charge is 0.444 e. The molecule has 2 unspecified atom stereocenters. The Kier molecular flexibility index (Phi) is 14.1. The number of benzene rings is 2. The molecule has 4 aromatic heterocycles. The van der Waals surface area contributed by atoms with Gasteiger partial charge in [-0.3, -0.25) is 9.97 Å². The molecule has 6 heterocycles. The van der Waals surface area contributed by atoms with Gasteiger partial charge in [0.25, 0.3) is 0 Å². The minimum atomic E-state index is -0.501. The van der Waals surface area contributed by atoms with Gasteiger partial charge in [-0.2, -0.15) is 0 Å². The first kappa shape index (κ1) is 47.2. The summed E-state index contributed by atoms with van der Waals surface area (Å²) in [5, 5.41) is 4.24. The number of pyridine rings is 2. The molecule has 4 aliphatic rings. The van der Waals surface area contributed by atoms with E-state index in [2.05, 4.69) is 131 Å². The normalized spacial score (nSPS) is 18.5. The Balaban J connectivity index is 0.000000185. The van der Waals surface area contributed by atoms with Crippen LogP contribution in [0.25, 0.3) is 23.3 Å². The second-order valence-corrected chi connectivity index (χ2v) is 21.7. The van der Waals surface area contributed by atoms with Crippen molar-refractivity contribution in [2.75, 3.05) is 26.2 Å². The maximum Gasteiger partial charge on any atom is 0.410 e. The summed E-state index contributed by atoms with van der Waals surface area (Å²) in [4.78, 5) is 33.4. The molecule has 0 bridgehead atoms. The number of carbonyl (C=O) groups excluding carboxylic acids is 1. The molecule has 1 amide bonds. The summed E-state index contributed by atoms with van der Waals surface area (Å²) in [5.74, 6) is 3.34. The van der Waals surface area contributed by atoms with Gasteiger partial charge in [-0.05, 0) is 194 Å². The van der Waals surface area contributed by atoms with E-state index in [1.807, 2.05) is 69.6 Å². The summed E-state index contributed by atoms with van der Waals surface area (Å²) in [7, 11) is 0. The number of hydrogen-bond acceptors (Lipinski definition) is 7. The van der Waals surface area contributed by atoms with Crippen LogP contribution in [0, 0.1) is 32.6 Å². The van der Waals surface area contributed by atoms with Gasteiger partial charge in [0.15, 0.2) is 0 Å². The van der Waals surface area contributed by atoms with E-state index in [4.69, 9.17) is 26.3 Å². The zero-order chi connectivity index (χ0) is 47.0. The fourth-order valence-corrected chi connectivity index (χ4v) is 11.3. The molecule has 13 heteroatoms. The predicted octanol–water partition coefficient (Wildman–Crippen LogP) is 12.9. The summed E-state index contributed by atoms with van der Waals surface area (Å²) in [6.07, 6.45) is 20.2. The number of fused-ring (bicyclic) bond motifs is 4. The number of ether oxygens (including phenoxy) is 1. The SMILES string of the molecule is Cc1ccc2c(c1)C=C(Cn1ccnc1C)c1cc(Br)cnc1C2C1CCNCC1.Cc1nccn1CC1=Cc2cc(Cl)ccc2C(C2CCN(C(=O)OC(C)(C)C)CC2)c2ncc(Br)cc21.[HH]. The number of hydrogen-bond donors (Lipinski definition) is 1. The highest BCUT2D eigenvalue weighted by Crippen LogP contribution is 2.47. The second-order valence-electron chi connectivity index (χ2n) is 19.5. The molecular weight excluding hydrogens is 988 g/mol. The van der Waals surface area contributed by atoms with Crippen molar-refractivity contribution in [3.63, 3.8) is 0 Å². The number of amides is 1. The summed E-state index contributed by atoms with van der Waals surface area (Å²) in [6, 6.07) is 17.5. The Hall–Kier alpha value is -4.88. The smallest absolute Gasteiger partial charge is 0.410 e. The van der Waals surface area contributed by atoms with Gasteiger partial charge in [0, 0.05) is 102 Å². The third kappa shape index (κ3) is 10.6. The Labute approximate surface area is 418 Å². The predicted molar refractivity (Wildman–Crippen MR) is 278 cm³/mol. The molecule has 10 rings (SSSR count). The van der Waals surface area contributed by atoms with Gasteiger partial charge in [0.1, 0.15) is 17.2 Å². The molecule has 2 saturated heterocycles. The lowest BCUT2D eigenvalue weighted by molar-refractivity contribution is 0.0178. The minimum Gasteiger partial charge on any atom is -0.444 e. The lowest BCUT2D eigenvalue weighted by atomic mass is 9.76. The summed E-state index contributed by atoms with van der Waals surface area (Å²) in [5.41, 5.74) is 13.0. The Morgan fingerprint density at radius 3 is 1.75 bits per heavy atom. The van der Waals surface area contributed by atoms with Gasteiger partial charge in [-0.15, -0.1) is 0 Å². The van der Waals surface area contributed by atoms with E-state index in [1.165, 1.54) is 57.5 Å². The van der Waals surface area contributed by atoms with Crippen molar-refractivity contribution >= 4 is 72.9 Å². The zero-order valence-electron chi connectivity index (χ0n) is 39.2. The first-order valence-corrected chi connectivity index (χ1v) is 25.4. The molecule has 2 fully saturated rings. The number of imidazole rings is 2. The Morgan fingerprint density at radius 2 is 1.24 bits per heavy atom. The number of carbonyl (C=O) groups is 1. The average molecular weight is 1050 g/mol. The van der Waals surface area contributed by atoms with E-state index >= 15 is 0 Å². The number of nitrogens with zero attached hydrogens (tertiary/aromatic N) is 7. The van der Waals surface area contributed by atoms with E-state index in [9.17, 15) is 4.79 Å². The third-order valence-electron chi connectivity index (χ3n) is 13.7. The summed E-state index contributed by atoms with van der Waals surface area (Å²) in [6.45, 7) is 17.0. The van der Waals surface area contributed by atoms with Crippen LogP contribution in [0.2, 0.25) is 5.02 Å². The molecule has 0 saturated carbocycles. The van der Waals surface area contributed by atoms with Gasteiger partial charge in [-0.1, -0.05) is 41.4 Å². The van der Waals surface area contributed by atoms with E-state index in [0.29, 0.717) is 42.4 Å². The Morgan fingerprint density at radius 1 is 0.731 bits per heavy atom. The average Bonchev–Trinajstić information content (AvgIpc) is 3.84. The molecule has 2 aliphatic carbocycles. The lowest BCUT2D eigenvalue weighted by Crippen LogP contribution is -2.42. The van der Waals surface area contributed by atoms with Crippen molar-refractivity contribution in [3.05, 3.63) is 162 Å². The minimum absolute atomic E-state index is 0. The molecule has 2 aromatic carbocycles. The molecule has 1 N–H and O–H groups in total. The summed E-state index contributed by atoms with van der Waals surface area (Å²) >= 11 is 13.8. The maximum atomic E-state index is 12.7. The number of allylic oxidation sites excluding steroid dienone is 2. The van der Waals surface area contributed by atoms with E-state index in [-0.39, 0.29) is 13.4 Å². The van der Waals surface area contributed by atoms with Crippen molar-refractivity contribution in [1.82, 2.24) is 39.3 Å². The number of aryl methyl sites for hydroxylation is 3. The van der Waals surface area contributed by atoms with Crippen molar-refractivity contribution < 1.29 is 11.0 Å². The molecule has 6 aromatic rings. The van der Waals surface area contributed by atoms with Crippen molar-refractivity contribution in [2.24, 2.45) is 11.8 Å². The van der Waals surface area contributed by atoms with Crippen LogP contribution < -0.4 is 5.32 Å². The first-order valence-electron chi connectivity index (χ1n) is 23.5. The number of piperidine rings is 2. The van der Waals surface area contributed by atoms with Crippen LogP contribution in [0.4, 0.5) is 4.79 Å². The van der Waals surface area contributed by atoms with Gasteiger partial charge >= 0.3 is 6.09 Å². The number of halogens is 3. The zero-order valence-corrected chi connectivity index (χ0v) is 43.1. The summed E-state index contributed by atoms with van der Waals surface area (Å²) < 4.78 is 12.0. The molecule has 2 atom stereocenters. The highest BCUT2D eigenvalue weighted by atomic mass is 79.9. The maximum absolute atomic E-state index is 12.7. The van der Waals surface area contributed by atoms with Crippen LogP contribution in [0.5, 0.6) is 0 Å². The van der Waals surface area contributed by atoms with E-state index in [0.717, 1.165) is 69.9 Å². The van der Waals surface area contributed by atoms with Gasteiger partial charge in [0.2, 0.25) is 0 Å². The highest BCUT2D eigenvalue weighted by molar-refractivity contribution is 9.10. The van der Waals surface area contributed by atoms with Crippen LogP contribution in [0.1, 0.15) is 122 Å².